The van der Waals surface area contributed by atoms with E-state index in [0.717, 1.165) is 36.3 Å². The zero-order valence-electron chi connectivity index (χ0n) is 15.9. The van der Waals surface area contributed by atoms with E-state index in [4.69, 9.17) is 37.8 Å². The highest BCUT2D eigenvalue weighted by atomic mass is 35.5. The Morgan fingerprint density at radius 3 is 2.75 bits per heavy atom. The minimum absolute atomic E-state index is 0.126. The van der Waals surface area contributed by atoms with Gasteiger partial charge in [0, 0.05) is 35.4 Å². The molecule has 3 aliphatic rings. The minimum atomic E-state index is -0.512. The molecule has 4 nitrogen and oxygen atoms in total. The van der Waals surface area contributed by atoms with Crippen molar-refractivity contribution in [2.45, 2.75) is 50.5 Å². The first kappa shape index (κ1) is 18.3. The lowest BCUT2D eigenvalue weighted by Gasteiger charge is -2.52. The van der Waals surface area contributed by atoms with Crippen LogP contribution in [0.4, 0.5) is 0 Å². The molecule has 2 aromatic rings. The summed E-state index contributed by atoms with van der Waals surface area (Å²) in [4.78, 5) is 0. The largest absolute Gasteiger partial charge is 0.466 e. The third-order valence-corrected chi connectivity index (χ3v) is 6.38. The van der Waals surface area contributed by atoms with Gasteiger partial charge >= 0.3 is 0 Å². The van der Waals surface area contributed by atoms with E-state index in [0.29, 0.717) is 16.7 Å². The van der Waals surface area contributed by atoms with Crippen molar-refractivity contribution in [3.63, 3.8) is 0 Å². The molecule has 0 N–H and O–H groups in total. The van der Waals surface area contributed by atoms with E-state index in [1.807, 2.05) is 18.2 Å². The van der Waals surface area contributed by atoms with Crippen molar-refractivity contribution >= 4 is 28.9 Å². The molecule has 0 amide bonds. The number of benzene rings is 2. The summed E-state index contributed by atoms with van der Waals surface area (Å²) >= 11 is 12.6. The van der Waals surface area contributed by atoms with Gasteiger partial charge in [-0.2, -0.15) is 5.10 Å². The van der Waals surface area contributed by atoms with Crippen molar-refractivity contribution in [2.75, 3.05) is 6.61 Å². The molecule has 0 aromatic heterocycles. The van der Waals surface area contributed by atoms with Crippen LogP contribution in [0.2, 0.25) is 10.0 Å². The van der Waals surface area contributed by atoms with Crippen LogP contribution in [0.3, 0.4) is 0 Å². The summed E-state index contributed by atoms with van der Waals surface area (Å²) in [6.07, 6.45) is 2.30. The maximum absolute atomic E-state index is 6.63. The molecule has 0 saturated carbocycles. The van der Waals surface area contributed by atoms with Crippen molar-refractivity contribution in [1.29, 1.82) is 0 Å². The van der Waals surface area contributed by atoms with Gasteiger partial charge in [0.1, 0.15) is 5.75 Å². The van der Waals surface area contributed by atoms with E-state index in [9.17, 15) is 0 Å². The van der Waals surface area contributed by atoms with E-state index in [-0.39, 0.29) is 11.6 Å². The van der Waals surface area contributed by atoms with Crippen molar-refractivity contribution in [3.8, 4) is 5.75 Å². The number of nitrogens with zero attached hydrogens (tertiary/aromatic N) is 2. The predicted octanol–water partition coefficient (Wildman–Crippen LogP) is 5.82. The Balaban J connectivity index is 1.62. The van der Waals surface area contributed by atoms with Gasteiger partial charge in [-0.25, -0.2) is 5.01 Å². The second-order valence-corrected chi connectivity index (χ2v) is 9.20. The maximum Gasteiger partial charge on any atom is 0.203 e. The molecule has 0 radical (unpaired) electrons. The van der Waals surface area contributed by atoms with Gasteiger partial charge in [0.2, 0.25) is 5.72 Å². The third-order valence-electron chi connectivity index (χ3n) is 5.84. The standard InChI is InChI=1S/C22H22Cl2N2O2/c1-21(2)13-22(9-10-27-21)26-19(16-5-3-4-6-20(16)28-22)12-18(25-26)15-8-7-14(23)11-17(15)24/h3-8,11,19H,9-10,12-13H2,1-2H3. The van der Waals surface area contributed by atoms with Gasteiger partial charge in [0.25, 0.3) is 0 Å². The average molecular weight is 417 g/mol. The van der Waals surface area contributed by atoms with E-state index in [2.05, 4.69) is 37.1 Å². The summed E-state index contributed by atoms with van der Waals surface area (Å²) < 4.78 is 12.6. The monoisotopic (exact) mass is 416 g/mol. The zero-order chi connectivity index (χ0) is 19.5. The first-order valence-electron chi connectivity index (χ1n) is 9.61. The first-order chi connectivity index (χ1) is 13.4. The summed E-state index contributed by atoms with van der Waals surface area (Å²) in [5.74, 6) is 0.945. The lowest BCUT2D eigenvalue weighted by molar-refractivity contribution is -0.212. The van der Waals surface area contributed by atoms with Crippen LogP contribution in [-0.2, 0) is 4.74 Å². The Morgan fingerprint density at radius 1 is 1.14 bits per heavy atom. The number of rotatable bonds is 1. The van der Waals surface area contributed by atoms with E-state index in [1.165, 1.54) is 5.56 Å². The van der Waals surface area contributed by atoms with Crippen LogP contribution in [0.5, 0.6) is 5.75 Å². The van der Waals surface area contributed by atoms with Gasteiger partial charge in [-0.1, -0.05) is 47.5 Å². The molecule has 3 aliphatic heterocycles. The van der Waals surface area contributed by atoms with Gasteiger partial charge in [-0.15, -0.1) is 0 Å². The average Bonchev–Trinajstić information content (AvgIpc) is 3.07. The molecular formula is C22H22Cl2N2O2. The molecule has 3 heterocycles. The molecule has 6 heteroatoms. The van der Waals surface area contributed by atoms with Crippen molar-refractivity contribution < 1.29 is 9.47 Å². The van der Waals surface area contributed by atoms with Gasteiger partial charge in [0.05, 0.1) is 29.0 Å². The van der Waals surface area contributed by atoms with Crippen molar-refractivity contribution in [2.24, 2.45) is 5.10 Å². The maximum atomic E-state index is 6.63. The molecule has 2 unspecified atom stereocenters. The normalized spacial score (nSPS) is 27.8. The fourth-order valence-electron chi connectivity index (χ4n) is 4.69. The van der Waals surface area contributed by atoms with E-state index < -0.39 is 5.72 Å². The summed E-state index contributed by atoms with van der Waals surface area (Å²) in [7, 11) is 0. The first-order valence-corrected chi connectivity index (χ1v) is 10.4. The Labute approximate surface area is 175 Å². The zero-order valence-corrected chi connectivity index (χ0v) is 17.4. The van der Waals surface area contributed by atoms with Crippen molar-refractivity contribution in [1.82, 2.24) is 5.01 Å². The summed E-state index contributed by atoms with van der Waals surface area (Å²) in [5.41, 5.74) is 2.28. The molecule has 0 bridgehead atoms. The highest BCUT2D eigenvalue weighted by Crippen LogP contribution is 2.52. The van der Waals surface area contributed by atoms with Crippen LogP contribution in [0, 0.1) is 0 Å². The number of ether oxygens (including phenoxy) is 2. The summed E-state index contributed by atoms with van der Waals surface area (Å²) in [5, 5.41) is 8.47. The topological polar surface area (TPSA) is 34.1 Å². The number of hydrazone groups is 1. The Morgan fingerprint density at radius 2 is 1.96 bits per heavy atom. The second kappa shape index (κ2) is 6.38. The molecule has 146 valence electrons. The van der Waals surface area contributed by atoms with Crippen LogP contribution < -0.4 is 4.74 Å². The predicted molar refractivity (Wildman–Crippen MR) is 111 cm³/mol. The second-order valence-electron chi connectivity index (χ2n) is 8.36. The minimum Gasteiger partial charge on any atom is -0.466 e. The van der Waals surface area contributed by atoms with E-state index in [1.54, 1.807) is 6.07 Å². The summed E-state index contributed by atoms with van der Waals surface area (Å²) in [6, 6.07) is 14.0. The molecule has 1 spiro atoms. The summed E-state index contributed by atoms with van der Waals surface area (Å²) in [6.45, 7) is 4.87. The number of hydrogen-bond donors (Lipinski definition) is 0. The van der Waals surface area contributed by atoms with Gasteiger partial charge in [-0.05, 0) is 32.0 Å². The smallest absolute Gasteiger partial charge is 0.203 e. The highest BCUT2D eigenvalue weighted by Gasteiger charge is 2.54. The number of halogens is 2. The quantitative estimate of drug-likeness (QED) is 0.586. The molecule has 1 fully saturated rings. The third kappa shape index (κ3) is 2.90. The Kier molecular flexibility index (Phi) is 4.17. The van der Waals surface area contributed by atoms with Crippen LogP contribution in [0.25, 0.3) is 0 Å². The molecule has 0 aliphatic carbocycles. The number of para-hydroxylation sites is 1. The van der Waals surface area contributed by atoms with Crippen molar-refractivity contribution in [3.05, 3.63) is 63.6 Å². The van der Waals surface area contributed by atoms with Crippen LogP contribution in [-0.4, -0.2) is 28.7 Å². The van der Waals surface area contributed by atoms with Gasteiger partial charge < -0.3 is 9.47 Å². The van der Waals surface area contributed by atoms with Gasteiger partial charge in [-0.3, -0.25) is 0 Å². The van der Waals surface area contributed by atoms with Crippen LogP contribution >= 0.6 is 23.2 Å². The molecule has 28 heavy (non-hydrogen) atoms. The highest BCUT2D eigenvalue weighted by molar-refractivity contribution is 6.37. The molecule has 1 saturated heterocycles. The lowest BCUT2D eigenvalue weighted by Crippen LogP contribution is -2.60. The van der Waals surface area contributed by atoms with Gasteiger partial charge in [0.15, 0.2) is 0 Å². The molecule has 2 aromatic carbocycles. The number of hydrogen-bond acceptors (Lipinski definition) is 4. The Bertz CT molecular complexity index is 975. The lowest BCUT2D eigenvalue weighted by atomic mass is 9.86. The molecule has 5 rings (SSSR count). The fourth-order valence-corrected chi connectivity index (χ4v) is 5.21. The Hall–Kier alpha value is -1.75. The SMILES string of the molecule is CC1(C)CC2(CCO1)Oc1ccccc1C1CC(c3ccc(Cl)cc3Cl)=NN12. The molecular weight excluding hydrogens is 395 g/mol. The molecule has 2 atom stereocenters. The fraction of sp³-hybridized carbons (Fsp3) is 0.409. The van der Waals surface area contributed by atoms with Crippen LogP contribution in [0.1, 0.15) is 50.3 Å². The van der Waals surface area contributed by atoms with E-state index >= 15 is 0 Å². The van der Waals surface area contributed by atoms with Crippen LogP contribution in [0.15, 0.2) is 47.6 Å². The number of fused-ring (bicyclic) bond motifs is 4.